The van der Waals surface area contributed by atoms with Gasteiger partial charge < -0.3 is 4.90 Å². The molecule has 0 spiro atoms. The molecule has 23 heavy (non-hydrogen) atoms. The lowest BCUT2D eigenvalue weighted by molar-refractivity contribution is -0.153. The highest BCUT2D eigenvalue weighted by atomic mass is 16.2. The number of nitrogens with zero attached hydrogens (tertiary/aromatic N) is 3. The van der Waals surface area contributed by atoms with Crippen molar-refractivity contribution < 1.29 is 14.4 Å². The normalized spacial score (nSPS) is 34.8. The van der Waals surface area contributed by atoms with E-state index in [2.05, 4.69) is 0 Å². The predicted octanol–water partition coefficient (Wildman–Crippen LogP) is 0.713. The van der Waals surface area contributed by atoms with Gasteiger partial charge in [0.15, 0.2) is 5.41 Å². The summed E-state index contributed by atoms with van der Waals surface area (Å²) >= 11 is 0. The highest BCUT2D eigenvalue weighted by Crippen LogP contribution is 2.52. The van der Waals surface area contributed by atoms with Gasteiger partial charge in [-0.25, -0.2) is 4.90 Å². The lowest BCUT2D eigenvalue weighted by atomic mass is 9.61. The summed E-state index contributed by atoms with van der Waals surface area (Å²) in [4.78, 5) is 40.9. The Morgan fingerprint density at radius 1 is 1.13 bits per heavy atom. The van der Waals surface area contributed by atoms with Crippen LogP contribution in [0.15, 0.2) is 42.5 Å². The minimum Gasteiger partial charge on any atom is -0.337 e. The van der Waals surface area contributed by atoms with Gasteiger partial charge in [0.25, 0.3) is 0 Å². The third-order valence-electron chi connectivity index (χ3n) is 5.09. The molecule has 1 aromatic carbocycles. The van der Waals surface area contributed by atoms with Crippen LogP contribution in [0.2, 0.25) is 0 Å². The van der Waals surface area contributed by atoms with Gasteiger partial charge in [0.2, 0.25) is 17.7 Å². The molecule has 3 heterocycles. The first-order valence-corrected chi connectivity index (χ1v) is 7.33. The van der Waals surface area contributed by atoms with E-state index < -0.39 is 35.1 Å². The first-order valence-electron chi connectivity index (χ1n) is 7.33. The first-order chi connectivity index (χ1) is 11.0. The summed E-state index contributed by atoms with van der Waals surface area (Å²) in [6.45, 7) is 0. The molecule has 1 aromatic rings. The number of carbonyl (C=O) groups excluding carboxylic acids is 3. The summed E-state index contributed by atoms with van der Waals surface area (Å²) in [6, 6.07) is 10.1. The molecule has 0 saturated carbocycles. The molecular formula is C17H13N3O3. The Kier molecular flexibility index (Phi) is 2.56. The lowest BCUT2D eigenvalue weighted by Crippen LogP contribution is -2.63. The van der Waals surface area contributed by atoms with Crippen LogP contribution >= 0.6 is 0 Å². The Morgan fingerprint density at radius 3 is 2.48 bits per heavy atom. The van der Waals surface area contributed by atoms with Crippen molar-refractivity contribution in [3.05, 3.63) is 42.5 Å². The smallest absolute Gasteiger partial charge is 0.248 e. The number of fused-ring (bicyclic) bond motifs is 1. The maximum absolute atomic E-state index is 12.9. The molecule has 6 nitrogen and oxygen atoms in total. The molecule has 0 unspecified atom stereocenters. The molecular weight excluding hydrogens is 294 g/mol. The van der Waals surface area contributed by atoms with Crippen LogP contribution in [0.25, 0.3) is 0 Å². The first kappa shape index (κ1) is 13.7. The number of para-hydroxylation sites is 1. The van der Waals surface area contributed by atoms with Crippen LogP contribution in [0.4, 0.5) is 5.69 Å². The van der Waals surface area contributed by atoms with Crippen molar-refractivity contribution in [1.29, 1.82) is 5.26 Å². The second-order valence-corrected chi connectivity index (χ2v) is 6.10. The summed E-state index contributed by atoms with van der Waals surface area (Å²) in [5, 5.41) is 9.63. The molecule has 0 radical (unpaired) electrons. The average Bonchev–Trinajstić information content (AvgIpc) is 2.85. The van der Waals surface area contributed by atoms with Gasteiger partial charge in [-0.3, -0.25) is 14.4 Å². The Balaban J connectivity index is 1.89. The summed E-state index contributed by atoms with van der Waals surface area (Å²) in [5.74, 6) is -2.87. The molecule has 6 heteroatoms. The van der Waals surface area contributed by atoms with Crippen LogP contribution in [0, 0.1) is 28.6 Å². The third kappa shape index (κ3) is 1.44. The van der Waals surface area contributed by atoms with E-state index in [1.165, 1.54) is 11.0 Å². The summed E-state index contributed by atoms with van der Waals surface area (Å²) in [7, 11) is 1.57. The van der Waals surface area contributed by atoms with Gasteiger partial charge in [0.1, 0.15) is 0 Å². The fourth-order valence-electron chi connectivity index (χ4n) is 3.98. The van der Waals surface area contributed by atoms with Gasteiger partial charge in [-0.1, -0.05) is 30.4 Å². The molecule has 4 atom stereocenters. The highest BCUT2D eigenvalue weighted by Gasteiger charge is 2.68. The minimum absolute atomic E-state index is 0.348. The lowest BCUT2D eigenvalue weighted by Gasteiger charge is -2.48. The fourth-order valence-corrected chi connectivity index (χ4v) is 3.98. The van der Waals surface area contributed by atoms with Crippen LogP contribution in [-0.2, 0) is 14.4 Å². The molecule has 0 N–H and O–H groups in total. The van der Waals surface area contributed by atoms with Crippen LogP contribution < -0.4 is 4.90 Å². The number of carbonyl (C=O) groups is 3. The molecule has 3 aliphatic heterocycles. The Morgan fingerprint density at radius 2 is 1.83 bits per heavy atom. The number of amides is 3. The van der Waals surface area contributed by atoms with Crippen molar-refractivity contribution >= 4 is 23.4 Å². The van der Waals surface area contributed by atoms with Gasteiger partial charge in [-0.15, -0.1) is 0 Å². The van der Waals surface area contributed by atoms with Crippen LogP contribution in [-0.4, -0.2) is 35.7 Å². The molecule has 2 saturated heterocycles. The Bertz CT molecular complexity index is 810. The number of hydrogen-bond donors (Lipinski definition) is 0. The van der Waals surface area contributed by atoms with E-state index in [0.717, 1.165) is 4.90 Å². The summed E-state index contributed by atoms with van der Waals surface area (Å²) < 4.78 is 0. The van der Waals surface area contributed by atoms with Crippen molar-refractivity contribution in [2.45, 2.75) is 6.04 Å². The van der Waals surface area contributed by atoms with Gasteiger partial charge in [0, 0.05) is 7.05 Å². The van der Waals surface area contributed by atoms with Crippen molar-refractivity contribution in [2.75, 3.05) is 11.9 Å². The molecule has 114 valence electrons. The van der Waals surface area contributed by atoms with E-state index in [9.17, 15) is 19.6 Å². The largest absolute Gasteiger partial charge is 0.337 e. The standard InChI is InChI=1S/C17H13N3O3/c1-19-11-7-8-17(9-18,16(19)23)13-12(11)14(21)20(15(13)22)10-5-3-2-4-6-10/h2-8,11-13H,1H3/t11-,12+,13-,17-/m0/s1. The fraction of sp³-hybridized carbons (Fsp3) is 0.294. The molecule has 2 bridgehead atoms. The van der Waals surface area contributed by atoms with Crippen molar-refractivity contribution in [1.82, 2.24) is 4.90 Å². The zero-order valence-corrected chi connectivity index (χ0v) is 12.3. The van der Waals surface area contributed by atoms with Gasteiger partial charge >= 0.3 is 0 Å². The van der Waals surface area contributed by atoms with Crippen molar-refractivity contribution in [3.63, 3.8) is 0 Å². The number of hydrogen-bond acceptors (Lipinski definition) is 4. The second-order valence-electron chi connectivity index (χ2n) is 6.10. The molecule has 5 rings (SSSR count). The van der Waals surface area contributed by atoms with Crippen LogP contribution in [0.3, 0.4) is 0 Å². The monoisotopic (exact) mass is 307 g/mol. The SMILES string of the molecule is CN1C(=O)[C@]2(C#N)C=C[C@H]1[C@H]1C(=O)N(c3ccccc3)C(=O)[C@H]12. The second kappa shape index (κ2) is 4.29. The topological polar surface area (TPSA) is 81.5 Å². The maximum atomic E-state index is 12.9. The number of anilines is 1. The van der Waals surface area contributed by atoms with Gasteiger partial charge in [-0.2, -0.15) is 5.26 Å². The number of imide groups is 1. The molecule has 2 fully saturated rings. The van der Waals surface area contributed by atoms with E-state index in [-0.39, 0.29) is 5.91 Å². The Hall–Kier alpha value is -2.94. The zero-order valence-electron chi connectivity index (χ0n) is 12.3. The van der Waals surface area contributed by atoms with Gasteiger partial charge in [-0.05, 0) is 12.1 Å². The van der Waals surface area contributed by atoms with Crippen LogP contribution in [0.5, 0.6) is 0 Å². The van der Waals surface area contributed by atoms with E-state index in [1.54, 1.807) is 43.5 Å². The quantitative estimate of drug-likeness (QED) is 0.565. The average molecular weight is 307 g/mol. The molecule has 3 amide bonds. The number of piperidine rings is 1. The number of rotatable bonds is 1. The highest BCUT2D eigenvalue weighted by molar-refractivity contribution is 6.25. The molecule has 0 aromatic heterocycles. The van der Waals surface area contributed by atoms with E-state index in [0.29, 0.717) is 5.69 Å². The number of nitriles is 1. The predicted molar refractivity (Wildman–Crippen MR) is 79.7 cm³/mol. The summed E-state index contributed by atoms with van der Waals surface area (Å²) in [5.41, 5.74) is -1.11. The number of benzene rings is 1. The van der Waals surface area contributed by atoms with Gasteiger partial charge in [0.05, 0.1) is 29.6 Å². The van der Waals surface area contributed by atoms with E-state index >= 15 is 0 Å². The Labute approximate surface area is 132 Å². The number of likely N-dealkylation sites (N-methyl/N-ethyl adjacent to an activating group) is 1. The third-order valence-corrected chi connectivity index (χ3v) is 5.09. The van der Waals surface area contributed by atoms with E-state index in [4.69, 9.17) is 0 Å². The van der Waals surface area contributed by atoms with Crippen LogP contribution in [0.1, 0.15) is 0 Å². The zero-order chi connectivity index (χ0) is 16.4. The van der Waals surface area contributed by atoms with E-state index in [1.807, 2.05) is 6.07 Å². The molecule has 1 aliphatic carbocycles. The minimum atomic E-state index is -1.58. The summed E-state index contributed by atoms with van der Waals surface area (Å²) in [6.07, 6.45) is 3.20. The maximum Gasteiger partial charge on any atom is 0.248 e. The van der Waals surface area contributed by atoms with Crippen molar-refractivity contribution in [2.24, 2.45) is 17.3 Å². The van der Waals surface area contributed by atoms with Crippen molar-refractivity contribution in [3.8, 4) is 6.07 Å². The molecule has 4 aliphatic rings.